The lowest BCUT2D eigenvalue weighted by molar-refractivity contribution is -0.123. The lowest BCUT2D eigenvalue weighted by Gasteiger charge is -2.32. The summed E-state index contributed by atoms with van der Waals surface area (Å²) >= 11 is 1.55. The normalized spacial score (nSPS) is 20.9. The molecule has 1 N–H and O–H groups in total. The van der Waals surface area contributed by atoms with Crippen LogP contribution in [0.3, 0.4) is 0 Å². The number of rotatable bonds is 5. The molecule has 6 nitrogen and oxygen atoms in total. The highest BCUT2D eigenvalue weighted by Gasteiger charge is 2.29. The summed E-state index contributed by atoms with van der Waals surface area (Å²) in [5, 5.41) is 5.93. The van der Waals surface area contributed by atoms with Crippen LogP contribution in [0.25, 0.3) is 0 Å². The van der Waals surface area contributed by atoms with Crippen LogP contribution in [0.15, 0.2) is 29.8 Å². The van der Waals surface area contributed by atoms with Gasteiger partial charge in [-0.2, -0.15) is 0 Å². The minimum absolute atomic E-state index is 0.0446. The van der Waals surface area contributed by atoms with E-state index in [0.29, 0.717) is 19.1 Å². The number of aromatic nitrogens is 2. The Morgan fingerprint density at radius 3 is 3.17 bits per heavy atom. The number of aryl methyl sites for hydroxylation is 1. The molecule has 2 aromatic rings. The zero-order valence-corrected chi connectivity index (χ0v) is 13.7. The molecule has 0 radical (unpaired) electrons. The Morgan fingerprint density at radius 1 is 1.52 bits per heavy atom. The fraction of sp³-hybridized carbons (Fsp3) is 0.438. The third-order valence-corrected chi connectivity index (χ3v) is 4.39. The Hall–Kier alpha value is -1.99. The van der Waals surface area contributed by atoms with Crippen molar-refractivity contribution >= 4 is 17.2 Å². The Kier molecular flexibility index (Phi) is 5.19. The molecule has 0 bridgehead atoms. The summed E-state index contributed by atoms with van der Waals surface area (Å²) in [7, 11) is 0. The largest absolute Gasteiger partial charge is 0.470 e. The molecule has 1 aliphatic heterocycles. The molecule has 1 saturated heterocycles. The van der Waals surface area contributed by atoms with Gasteiger partial charge in [0.25, 0.3) is 0 Å². The number of amides is 1. The van der Waals surface area contributed by atoms with Crippen LogP contribution < -0.4 is 10.1 Å². The monoisotopic (exact) mass is 333 g/mol. The molecular weight excluding hydrogens is 314 g/mol. The van der Waals surface area contributed by atoms with Crippen LogP contribution in [0.5, 0.6) is 5.88 Å². The zero-order chi connectivity index (χ0) is 16.1. The molecule has 0 aromatic carbocycles. The number of carbonyl (C=O) groups excluding carboxylic acids is 1. The first-order valence-electron chi connectivity index (χ1n) is 7.56. The molecular formula is C16H19N3O3S. The van der Waals surface area contributed by atoms with Crippen molar-refractivity contribution in [2.24, 2.45) is 0 Å². The maximum absolute atomic E-state index is 12.2. The van der Waals surface area contributed by atoms with Crippen molar-refractivity contribution < 1.29 is 14.3 Å². The van der Waals surface area contributed by atoms with Gasteiger partial charge in [-0.1, -0.05) is 6.07 Å². The number of carbonyl (C=O) groups is 1. The van der Waals surface area contributed by atoms with Gasteiger partial charge >= 0.3 is 0 Å². The number of ether oxygens (including phenoxy) is 2. The third kappa shape index (κ3) is 4.49. The fourth-order valence-corrected chi connectivity index (χ4v) is 3.09. The molecule has 1 amide bonds. The van der Waals surface area contributed by atoms with E-state index >= 15 is 0 Å². The van der Waals surface area contributed by atoms with Gasteiger partial charge < -0.3 is 14.8 Å². The smallest absolute Gasteiger partial charge is 0.226 e. The molecule has 2 aromatic heterocycles. The van der Waals surface area contributed by atoms with Gasteiger partial charge in [-0.15, -0.1) is 11.3 Å². The van der Waals surface area contributed by atoms with Gasteiger partial charge in [0.05, 0.1) is 29.8 Å². The molecule has 122 valence electrons. The minimum atomic E-state index is -0.236. The Balaban J connectivity index is 1.58. The van der Waals surface area contributed by atoms with E-state index in [2.05, 4.69) is 15.3 Å². The quantitative estimate of drug-likeness (QED) is 0.902. The summed E-state index contributed by atoms with van der Waals surface area (Å²) in [5.74, 6) is 0.495. The van der Waals surface area contributed by atoms with E-state index in [0.717, 1.165) is 17.1 Å². The van der Waals surface area contributed by atoms with Crippen molar-refractivity contribution in [3.63, 3.8) is 0 Å². The highest BCUT2D eigenvalue weighted by Crippen LogP contribution is 2.16. The Labute approximate surface area is 138 Å². The summed E-state index contributed by atoms with van der Waals surface area (Å²) < 4.78 is 11.3. The number of nitrogens with one attached hydrogen (secondary N) is 1. The second kappa shape index (κ2) is 7.52. The minimum Gasteiger partial charge on any atom is -0.470 e. The van der Waals surface area contributed by atoms with E-state index in [1.807, 2.05) is 24.4 Å². The molecule has 0 saturated carbocycles. The van der Waals surface area contributed by atoms with E-state index in [-0.39, 0.29) is 24.5 Å². The average Bonchev–Trinajstić information content (AvgIpc) is 2.95. The van der Waals surface area contributed by atoms with Crippen molar-refractivity contribution in [3.05, 3.63) is 40.5 Å². The zero-order valence-electron chi connectivity index (χ0n) is 12.9. The van der Waals surface area contributed by atoms with Crippen molar-refractivity contribution in [2.75, 3.05) is 13.2 Å². The van der Waals surface area contributed by atoms with Gasteiger partial charge in [-0.25, -0.2) is 9.97 Å². The van der Waals surface area contributed by atoms with Gasteiger partial charge in [0.2, 0.25) is 11.8 Å². The van der Waals surface area contributed by atoms with Crippen molar-refractivity contribution in [1.82, 2.24) is 15.3 Å². The molecule has 1 aliphatic rings. The van der Waals surface area contributed by atoms with Crippen molar-refractivity contribution in [1.29, 1.82) is 0 Å². The SMILES string of the molecule is Cc1nc(CC(=O)N[C@@H]2CCOC[C@H]2Oc2ccccn2)cs1. The topological polar surface area (TPSA) is 73.3 Å². The first-order valence-corrected chi connectivity index (χ1v) is 8.44. The number of hydrogen-bond donors (Lipinski definition) is 1. The maximum atomic E-state index is 12.2. The van der Waals surface area contributed by atoms with E-state index in [9.17, 15) is 4.79 Å². The Bertz CT molecular complexity index is 647. The third-order valence-electron chi connectivity index (χ3n) is 3.57. The molecule has 1 fully saturated rings. The van der Waals surface area contributed by atoms with Crippen LogP contribution >= 0.6 is 11.3 Å². The average molecular weight is 333 g/mol. The van der Waals surface area contributed by atoms with Gasteiger partial charge in [0, 0.05) is 24.3 Å². The predicted octanol–water partition coefficient (Wildman–Crippen LogP) is 1.74. The van der Waals surface area contributed by atoms with E-state index in [1.54, 1.807) is 23.6 Å². The number of pyridine rings is 1. The van der Waals surface area contributed by atoms with Crippen LogP contribution in [0.2, 0.25) is 0 Å². The van der Waals surface area contributed by atoms with Crippen LogP contribution in [-0.2, 0) is 16.0 Å². The first kappa shape index (κ1) is 15.9. The molecule has 3 heterocycles. The molecule has 0 unspecified atom stereocenters. The molecule has 0 aliphatic carbocycles. The predicted molar refractivity (Wildman–Crippen MR) is 86.6 cm³/mol. The van der Waals surface area contributed by atoms with Crippen LogP contribution in [0, 0.1) is 6.92 Å². The molecule has 2 atom stereocenters. The van der Waals surface area contributed by atoms with Gasteiger partial charge in [0.15, 0.2) is 0 Å². The molecule has 23 heavy (non-hydrogen) atoms. The highest BCUT2D eigenvalue weighted by atomic mass is 32.1. The van der Waals surface area contributed by atoms with E-state index in [1.165, 1.54) is 0 Å². The summed E-state index contributed by atoms with van der Waals surface area (Å²) in [6, 6.07) is 5.41. The summed E-state index contributed by atoms with van der Waals surface area (Å²) in [5.41, 5.74) is 0.805. The molecule has 7 heteroatoms. The standard InChI is InChI=1S/C16H19N3O3S/c1-11-18-12(10-23-11)8-15(20)19-13-5-7-21-9-14(13)22-16-4-2-3-6-17-16/h2-4,6,10,13-14H,5,7-9H2,1H3,(H,19,20)/t13-,14-/m1/s1. The second-order valence-corrected chi connectivity index (χ2v) is 6.46. The van der Waals surface area contributed by atoms with Gasteiger partial charge in [-0.05, 0) is 19.4 Å². The summed E-state index contributed by atoms with van der Waals surface area (Å²) in [6.07, 6.45) is 2.45. The van der Waals surface area contributed by atoms with E-state index < -0.39 is 0 Å². The van der Waals surface area contributed by atoms with Crippen molar-refractivity contribution in [2.45, 2.75) is 31.9 Å². The second-order valence-electron chi connectivity index (χ2n) is 5.40. The summed E-state index contributed by atoms with van der Waals surface area (Å²) in [4.78, 5) is 20.7. The first-order chi connectivity index (χ1) is 11.2. The van der Waals surface area contributed by atoms with Gasteiger partial charge in [0.1, 0.15) is 6.10 Å². The van der Waals surface area contributed by atoms with Crippen LogP contribution in [-0.4, -0.2) is 41.2 Å². The summed E-state index contributed by atoms with van der Waals surface area (Å²) in [6.45, 7) is 2.99. The lowest BCUT2D eigenvalue weighted by Crippen LogP contribution is -2.51. The lowest BCUT2D eigenvalue weighted by atomic mass is 10.1. The number of thiazole rings is 1. The van der Waals surface area contributed by atoms with Crippen LogP contribution in [0.4, 0.5) is 0 Å². The van der Waals surface area contributed by atoms with Gasteiger partial charge in [-0.3, -0.25) is 4.79 Å². The number of hydrogen-bond acceptors (Lipinski definition) is 6. The van der Waals surface area contributed by atoms with Crippen LogP contribution in [0.1, 0.15) is 17.1 Å². The maximum Gasteiger partial charge on any atom is 0.226 e. The Morgan fingerprint density at radius 2 is 2.43 bits per heavy atom. The number of nitrogens with zero attached hydrogens (tertiary/aromatic N) is 2. The molecule has 3 rings (SSSR count). The van der Waals surface area contributed by atoms with E-state index in [4.69, 9.17) is 9.47 Å². The van der Waals surface area contributed by atoms with Crippen molar-refractivity contribution in [3.8, 4) is 5.88 Å². The molecule has 0 spiro atoms. The highest BCUT2D eigenvalue weighted by molar-refractivity contribution is 7.09. The fourth-order valence-electron chi connectivity index (χ4n) is 2.48.